The summed E-state index contributed by atoms with van der Waals surface area (Å²) in [6, 6.07) is 14.2. The molecule has 20 heavy (non-hydrogen) atoms. The molecule has 2 N–H and O–H groups in total. The maximum absolute atomic E-state index is 10.8. The first-order chi connectivity index (χ1) is 9.65. The number of anilines is 2. The van der Waals surface area contributed by atoms with Gasteiger partial charge in [-0.1, -0.05) is 6.07 Å². The van der Waals surface area contributed by atoms with Crippen LogP contribution in [0.3, 0.4) is 0 Å². The van der Waals surface area contributed by atoms with E-state index < -0.39 is 5.97 Å². The summed E-state index contributed by atoms with van der Waals surface area (Å²) in [5.41, 5.74) is 2.27. The van der Waals surface area contributed by atoms with E-state index in [1.165, 1.54) is 23.9 Å². The molecule has 0 saturated carbocycles. The van der Waals surface area contributed by atoms with E-state index in [1.54, 1.807) is 12.1 Å². The van der Waals surface area contributed by atoms with Gasteiger partial charge in [-0.05, 0) is 42.7 Å². The van der Waals surface area contributed by atoms with Crippen molar-refractivity contribution in [2.24, 2.45) is 0 Å². The second-order valence-electron chi connectivity index (χ2n) is 4.00. The third kappa shape index (κ3) is 2.92. The van der Waals surface area contributed by atoms with Gasteiger partial charge in [0, 0.05) is 10.6 Å². The molecule has 0 aromatic heterocycles. The van der Waals surface area contributed by atoms with Crippen molar-refractivity contribution in [2.75, 3.05) is 11.6 Å². The maximum Gasteiger partial charge on any atom is 0.335 e. The van der Waals surface area contributed by atoms with Crippen molar-refractivity contribution in [2.45, 2.75) is 4.90 Å². The van der Waals surface area contributed by atoms with Crippen molar-refractivity contribution in [1.82, 2.24) is 0 Å². The summed E-state index contributed by atoms with van der Waals surface area (Å²) >= 11 is 1.51. The van der Waals surface area contributed by atoms with Gasteiger partial charge < -0.3 is 10.4 Å². The number of carboxylic acids is 1. The van der Waals surface area contributed by atoms with Gasteiger partial charge in [0.05, 0.1) is 16.8 Å². The zero-order valence-electron chi connectivity index (χ0n) is 10.8. The molecule has 2 rings (SSSR count). The summed E-state index contributed by atoms with van der Waals surface area (Å²) < 4.78 is 0. The van der Waals surface area contributed by atoms with Gasteiger partial charge in [0.25, 0.3) is 0 Å². The van der Waals surface area contributed by atoms with Crippen LogP contribution in [0.5, 0.6) is 0 Å². The molecule has 0 heterocycles. The largest absolute Gasteiger partial charge is 0.478 e. The minimum absolute atomic E-state index is 0.230. The Balaban J connectivity index is 2.30. The molecule has 2 aromatic carbocycles. The van der Waals surface area contributed by atoms with E-state index in [0.717, 1.165) is 10.6 Å². The first-order valence-electron chi connectivity index (χ1n) is 5.83. The molecular weight excluding hydrogens is 272 g/mol. The molecular formula is C15H12N2O2S. The second kappa shape index (κ2) is 6.13. The quantitative estimate of drug-likeness (QED) is 0.837. The summed E-state index contributed by atoms with van der Waals surface area (Å²) in [6.07, 6.45) is 1.92. The fourth-order valence-electron chi connectivity index (χ4n) is 1.77. The summed E-state index contributed by atoms with van der Waals surface area (Å²) in [4.78, 5) is 11.7. The minimum atomic E-state index is -0.960. The van der Waals surface area contributed by atoms with Crippen molar-refractivity contribution in [3.05, 3.63) is 53.6 Å². The van der Waals surface area contributed by atoms with E-state index in [9.17, 15) is 10.1 Å². The molecule has 4 nitrogen and oxygen atoms in total. The lowest BCUT2D eigenvalue weighted by atomic mass is 10.1. The molecule has 0 amide bonds. The van der Waals surface area contributed by atoms with Crippen molar-refractivity contribution in [1.29, 1.82) is 5.26 Å². The lowest BCUT2D eigenvalue weighted by Gasteiger charge is -2.10. The van der Waals surface area contributed by atoms with Crippen LogP contribution in [-0.4, -0.2) is 17.3 Å². The number of carbonyl (C=O) groups is 1. The van der Waals surface area contributed by atoms with Gasteiger partial charge >= 0.3 is 5.97 Å². The molecule has 2 aromatic rings. The number of rotatable bonds is 4. The van der Waals surface area contributed by atoms with Crippen LogP contribution in [-0.2, 0) is 0 Å². The molecule has 0 radical (unpaired) electrons. The highest BCUT2D eigenvalue weighted by molar-refractivity contribution is 7.98. The minimum Gasteiger partial charge on any atom is -0.478 e. The van der Waals surface area contributed by atoms with E-state index in [4.69, 9.17) is 5.11 Å². The van der Waals surface area contributed by atoms with Crippen molar-refractivity contribution in [3.8, 4) is 6.07 Å². The molecule has 0 saturated heterocycles. The van der Waals surface area contributed by atoms with Gasteiger partial charge in [-0.25, -0.2) is 4.79 Å². The first-order valence-corrected chi connectivity index (χ1v) is 7.05. The number of nitriles is 1. The van der Waals surface area contributed by atoms with Crippen LogP contribution in [0.25, 0.3) is 0 Å². The number of carboxylic acid groups (broad SMARTS) is 1. The van der Waals surface area contributed by atoms with Crippen LogP contribution in [0.2, 0.25) is 0 Å². The van der Waals surface area contributed by atoms with Crippen molar-refractivity contribution in [3.63, 3.8) is 0 Å². The van der Waals surface area contributed by atoms with E-state index in [1.807, 2.05) is 24.5 Å². The SMILES string of the molecule is CSc1cccc(Nc2ccc(C(=O)O)cc2)c1C#N. The van der Waals surface area contributed by atoms with Gasteiger partial charge in [0.1, 0.15) is 6.07 Å². The normalized spacial score (nSPS) is 9.80. The summed E-state index contributed by atoms with van der Waals surface area (Å²) in [5, 5.41) is 21.2. The second-order valence-corrected chi connectivity index (χ2v) is 4.85. The smallest absolute Gasteiger partial charge is 0.335 e. The predicted octanol–water partition coefficient (Wildman–Crippen LogP) is 3.72. The van der Waals surface area contributed by atoms with E-state index in [0.29, 0.717) is 11.3 Å². The average molecular weight is 284 g/mol. The average Bonchev–Trinajstić information content (AvgIpc) is 2.47. The molecule has 0 unspecified atom stereocenters. The number of hydrogen-bond acceptors (Lipinski definition) is 4. The van der Waals surface area contributed by atoms with Crippen LogP contribution in [0, 0.1) is 11.3 Å². The summed E-state index contributed by atoms with van der Waals surface area (Å²) in [7, 11) is 0. The Morgan fingerprint density at radius 3 is 2.50 bits per heavy atom. The Bertz CT molecular complexity index is 675. The highest BCUT2D eigenvalue weighted by Crippen LogP contribution is 2.28. The number of benzene rings is 2. The third-order valence-corrected chi connectivity index (χ3v) is 3.55. The number of aromatic carboxylic acids is 1. The Labute approximate surface area is 121 Å². The standard InChI is InChI=1S/C15H12N2O2S/c1-20-14-4-2-3-13(12(14)9-16)17-11-7-5-10(6-8-11)15(18)19/h2-8,17H,1H3,(H,18,19). The zero-order valence-corrected chi connectivity index (χ0v) is 11.6. The Morgan fingerprint density at radius 1 is 1.25 bits per heavy atom. The van der Waals surface area contributed by atoms with E-state index in [-0.39, 0.29) is 5.56 Å². The van der Waals surface area contributed by atoms with E-state index >= 15 is 0 Å². The molecule has 0 spiro atoms. The lowest BCUT2D eigenvalue weighted by molar-refractivity contribution is 0.0697. The summed E-state index contributed by atoms with van der Waals surface area (Å²) in [5.74, 6) is -0.960. The fourth-order valence-corrected chi connectivity index (χ4v) is 2.35. The van der Waals surface area contributed by atoms with Gasteiger partial charge in [-0.3, -0.25) is 0 Å². The number of nitrogens with one attached hydrogen (secondary N) is 1. The third-order valence-electron chi connectivity index (χ3n) is 2.77. The first kappa shape index (κ1) is 14.0. The molecule has 5 heteroatoms. The van der Waals surface area contributed by atoms with Crippen LogP contribution in [0.4, 0.5) is 11.4 Å². The van der Waals surface area contributed by atoms with Crippen LogP contribution < -0.4 is 5.32 Å². The van der Waals surface area contributed by atoms with Crippen molar-refractivity contribution >= 4 is 29.1 Å². The maximum atomic E-state index is 10.8. The fraction of sp³-hybridized carbons (Fsp3) is 0.0667. The molecule has 0 fully saturated rings. The monoisotopic (exact) mass is 284 g/mol. The lowest BCUT2D eigenvalue weighted by Crippen LogP contribution is -1.98. The zero-order chi connectivity index (χ0) is 14.5. The predicted molar refractivity (Wildman–Crippen MR) is 79.6 cm³/mol. The molecule has 0 aliphatic rings. The number of hydrogen-bond donors (Lipinski definition) is 2. The molecule has 0 aliphatic carbocycles. The van der Waals surface area contributed by atoms with Gasteiger partial charge in [0.2, 0.25) is 0 Å². The highest BCUT2D eigenvalue weighted by atomic mass is 32.2. The Hall–Kier alpha value is -2.45. The van der Waals surface area contributed by atoms with Crippen LogP contribution in [0.1, 0.15) is 15.9 Å². The van der Waals surface area contributed by atoms with E-state index in [2.05, 4.69) is 11.4 Å². The molecule has 0 atom stereocenters. The molecule has 100 valence electrons. The number of thioether (sulfide) groups is 1. The highest BCUT2D eigenvalue weighted by Gasteiger charge is 2.08. The Kier molecular flexibility index (Phi) is 4.28. The summed E-state index contributed by atoms with van der Waals surface area (Å²) in [6.45, 7) is 0. The Morgan fingerprint density at radius 2 is 1.95 bits per heavy atom. The number of nitrogens with zero attached hydrogens (tertiary/aromatic N) is 1. The van der Waals surface area contributed by atoms with Gasteiger partial charge in [-0.15, -0.1) is 11.8 Å². The van der Waals surface area contributed by atoms with Gasteiger partial charge in [0.15, 0.2) is 0 Å². The van der Waals surface area contributed by atoms with Crippen LogP contribution >= 0.6 is 11.8 Å². The van der Waals surface area contributed by atoms with Gasteiger partial charge in [-0.2, -0.15) is 5.26 Å². The van der Waals surface area contributed by atoms with Crippen molar-refractivity contribution < 1.29 is 9.90 Å². The molecule has 0 bridgehead atoms. The van der Waals surface area contributed by atoms with Crippen LogP contribution in [0.15, 0.2) is 47.4 Å². The molecule has 0 aliphatic heterocycles. The topological polar surface area (TPSA) is 73.1 Å².